The highest BCUT2D eigenvalue weighted by Crippen LogP contribution is 2.06. The van der Waals surface area contributed by atoms with E-state index < -0.39 is 29.3 Å². The highest BCUT2D eigenvalue weighted by Gasteiger charge is 2.15. The van der Waals surface area contributed by atoms with E-state index in [-0.39, 0.29) is 18.5 Å². The zero-order chi connectivity index (χ0) is 18.2. The Hall–Kier alpha value is -2.64. The molecule has 132 valence electrons. The molecule has 1 aromatic rings. The first-order valence-corrected chi connectivity index (χ1v) is 7.49. The molecule has 24 heavy (non-hydrogen) atoms. The minimum Gasteiger partial charge on any atom is -0.444 e. The summed E-state index contributed by atoms with van der Waals surface area (Å²) in [4.78, 5) is 34.6. The predicted molar refractivity (Wildman–Crippen MR) is 85.5 cm³/mol. The zero-order valence-electron chi connectivity index (χ0n) is 13.9. The van der Waals surface area contributed by atoms with E-state index in [1.165, 1.54) is 18.2 Å². The molecule has 0 aliphatic carbocycles. The number of alkyl carbamates (subject to hydrolysis) is 1. The third kappa shape index (κ3) is 7.57. The van der Waals surface area contributed by atoms with Gasteiger partial charge in [-0.1, -0.05) is 12.1 Å². The second-order valence-corrected chi connectivity index (χ2v) is 6.01. The van der Waals surface area contributed by atoms with Crippen molar-refractivity contribution in [3.05, 3.63) is 35.6 Å². The fourth-order valence-electron chi connectivity index (χ4n) is 1.66. The number of halogens is 1. The van der Waals surface area contributed by atoms with Crippen molar-refractivity contribution in [1.29, 1.82) is 0 Å². The summed E-state index contributed by atoms with van der Waals surface area (Å²) in [6.45, 7) is 5.50. The molecular weight excluding hydrogens is 317 g/mol. The van der Waals surface area contributed by atoms with Gasteiger partial charge in [0.05, 0.1) is 5.56 Å². The molecule has 0 spiro atoms. The van der Waals surface area contributed by atoms with E-state index in [1.54, 1.807) is 20.8 Å². The summed E-state index contributed by atoms with van der Waals surface area (Å²) in [5.41, 5.74) is 3.57. The quantitative estimate of drug-likeness (QED) is 0.564. The number of hydrazine groups is 1. The van der Waals surface area contributed by atoms with Crippen LogP contribution in [0, 0.1) is 5.82 Å². The van der Waals surface area contributed by atoms with Gasteiger partial charge in [0, 0.05) is 13.0 Å². The summed E-state index contributed by atoms with van der Waals surface area (Å²) in [6, 6.07) is 5.44. The molecule has 7 nitrogen and oxygen atoms in total. The summed E-state index contributed by atoms with van der Waals surface area (Å²) < 4.78 is 18.4. The summed E-state index contributed by atoms with van der Waals surface area (Å²) in [7, 11) is 0. The van der Waals surface area contributed by atoms with E-state index in [2.05, 4.69) is 16.2 Å². The lowest BCUT2D eigenvalue weighted by Gasteiger charge is -2.19. The van der Waals surface area contributed by atoms with Gasteiger partial charge in [-0.15, -0.1) is 0 Å². The second-order valence-electron chi connectivity index (χ2n) is 6.01. The van der Waals surface area contributed by atoms with Crippen LogP contribution >= 0.6 is 0 Å². The second kappa shape index (κ2) is 8.85. The van der Waals surface area contributed by atoms with Crippen LogP contribution in [0.4, 0.5) is 9.18 Å². The lowest BCUT2D eigenvalue weighted by molar-refractivity contribution is -0.121. The summed E-state index contributed by atoms with van der Waals surface area (Å²) in [5, 5.41) is 2.51. The Labute approximate surface area is 139 Å². The molecule has 0 radical (unpaired) electrons. The molecule has 0 saturated heterocycles. The smallest absolute Gasteiger partial charge is 0.407 e. The fraction of sp³-hybridized carbons (Fsp3) is 0.438. The average molecular weight is 339 g/mol. The molecule has 1 aromatic carbocycles. The first-order chi connectivity index (χ1) is 11.2. The molecule has 3 amide bonds. The zero-order valence-corrected chi connectivity index (χ0v) is 13.9. The summed E-state index contributed by atoms with van der Waals surface area (Å²) >= 11 is 0. The van der Waals surface area contributed by atoms with Gasteiger partial charge < -0.3 is 10.1 Å². The van der Waals surface area contributed by atoms with Crippen LogP contribution in [-0.4, -0.2) is 30.1 Å². The Balaban J connectivity index is 2.22. The summed E-state index contributed by atoms with van der Waals surface area (Å²) in [6.07, 6.45) is -0.121. The van der Waals surface area contributed by atoms with Crippen LogP contribution in [0.2, 0.25) is 0 Å². The molecule has 1 rings (SSSR count). The van der Waals surface area contributed by atoms with Gasteiger partial charge in [-0.3, -0.25) is 20.4 Å². The third-order valence-electron chi connectivity index (χ3n) is 2.68. The van der Waals surface area contributed by atoms with Crippen LogP contribution in [0.25, 0.3) is 0 Å². The third-order valence-corrected chi connectivity index (χ3v) is 2.68. The minimum atomic E-state index is -0.742. The number of amides is 3. The van der Waals surface area contributed by atoms with Crippen molar-refractivity contribution in [3.63, 3.8) is 0 Å². The van der Waals surface area contributed by atoms with Crippen LogP contribution in [0.15, 0.2) is 24.3 Å². The highest BCUT2D eigenvalue weighted by molar-refractivity contribution is 5.95. The standard InChI is InChI=1S/C16H22FN3O4/c1-16(2,3)24-15(23)18-10-6-9-13(21)19-20-14(22)11-7-4-5-8-12(11)17/h4-5,7-8H,6,9-10H2,1-3H3,(H,18,23)(H,19,21)(H,20,22). The molecule has 0 heterocycles. The average Bonchev–Trinajstić information content (AvgIpc) is 2.48. The molecule has 3 N–H and O–H groups in total. The molecule has 0 fully saturated rings. The van der Waals surface area contributed by atoms with E-state index in [0.717, 1.165) is 6.07 Å². The molecular formula is C16H22FN3O4. The Bertz CT molecular complexity index is 599. The van der Waals surface area contributed by atoms with Crippen LogP contribution in [0.1, 0.15) is 44.0 Å². The minimum absolute atomic E-state index is 0.0767. The van der Waals surface area contributed by atoms with Crippen molar-refractivity contribution >= 4 is 17.9 Å². The van der Waals surface area contributed by atoms with Gasteiger partial charge in [0.15, 0.2) is 0 Å². The maximum atomic E-state index is 13.4. The molecule has 0 atom stereocenters. The number of ether oxygens (including phenoxy) is 1. The van der Waals surface area contributed by atoms with Gasteiger partial charge in [0.25, 0.3) is 5.91 Å². The van der Waals surface area contributed by atoms with Gasteiger partial charge in [0.1, 0.15) is 11.4 Å². The molecule has 0 bridgehead atoms. The van der Waals surface area contributed by atoms with E-state index in [9.17, 15) is 18.8 Å². The molecule has 0 saturated carbocycles. The molecule has 0 aliphatic rings. The number of carbonyl (C=O) groups excluding carboxylic acids is 3. The van der Waals surface area contributed by atoms with Crippen molar-refractivity contribution in [2.75, 3.05) is 6.54 Å². The molecule has 0 aromatic heterocycles. The van der Waals surface area contributed by atoms with E-state index in [4.69, 9.17) is 4.74 Å². The van der Waals surface area contributed by atoms with Gasteiger partial charge >= 0.3 is 6.09 Å². The van der Waals surface area contributed by atoms with Crippen LogP contribution in [0.5, 0.6) is 0 Å². The van der Waals surface area contributed by atoms with Crippen molar-refractivity contribution < 1.29 is 23.5 Å². The van der Waals surface area contributed by atoms with Gasteiger partial charge in [-0.25, -0.2) is 9.18 Å². The largest absolute Gasteiger partial charge is 0.444 e. The van der Waals surface area contributed by atoms with Crippen molar-refractivity contribution in [2.24, 2.45) is 0 Å². The van der Waals surface area contributed by atoms with Crippen LogP contribution in [0.3, 0.4) is 0 Å². The number of rotatable bonds is 5. The van der Waals surface area contributed by atoms with Gasteiger partial charge in [-0.2, -0.15) is 0 Å². The topological polar surface area (TPSA) is 96.5 Å². The predicted octanol–water partition coefficient (Wildman–Crippen LogP) is 1.89. The van der Waals surface area contributed by atoms with Gasteiger partial charge in [-0.05, 0) is 39.3 Å². The summed E-state index contributed by atoms with van der Waals surface area (Å²) in [5.74, 6) is -1.87. The van der Waals surface area contributed by atoms with Crippen molar-refractivity contribution in [2.45, 2.75) is 39.2 Å². The number of hydrogen-bond acceptors (Lipinski definition) is 4. The maximum Gasteiger partial charge on any atom is 0.407 e. The number of benzene rings is 1. The highest BCUT2D eigenvalue weighted by atomic mass is 19.1. The Morgan fingerprint density at radius 1 is 1.12 bits per heavy atom. The first-order valence-electron chi connectivity index (χ1n) is 7.49. The normalized spacial score (nSPS) is 10.7. The fourth-order valence-corrected chi connectivity index (χ4v) is 1.66. The molecule has 0 unspecified atom stereocenters. The van der Waals surface area contributed by atoms with E-state index in [1.807, 2.05) is 0 Å². The molecule has 0 aliphatic heterocycles. The van der Waals surface area contributed by atoms with Crippen molar-refractivity contribution in [1.82, 2.24) is 16.2 Å². The lowest BCUT2D eigenvalue weighted by Crippen LogP contribution is -2.42. The first kappa shape index (κ1) is 19.4. The lowest BCUT2D eigenvalue weighted by atomic mass is 10.2. The number of hydrogen-bond donors (Lipinski definition) is 3. The van der Waals surface area contributed by atoms with E-state index >= 15 is 0 Å². The van der Waals surface area contributed by atoms with Gasteiger partial charge in [0.2, 0.25) is 5.91 Å². The number of carbonyl (C=O) groups is 3. The SMILES string of the molecule is CC(C)(C)OC(=O)NCCCC(=O)NNC(=O)c1ccccc1F. The maximum absolute atomic E-state index is 13.4. The van der Waals surface area contributed by atoms with E-state index in [0.29, 0.717) is 6.42 Å². The van der Waals surface area contributed by atoms with Crippen LogP contribution < -0.4 is 16.2 Å². The Morgan fingerprint density at radius 3 is 2.42 bits per heavy atom. The Morgan fingerprint density at radius 2 is 1.79 bits per heavy atom. The van der Waals surface area contributed by atoms with Crippen LogP contribution in [-0.2, 0) is 9.53 Å². The Kier molecular flexibility index (Phi) is 7.16. The monoisotopic (exact) mass is 339 g/mol. The molecule has 8 heteroatoms. The number of nitrogens with one attached hydrogen (secondary N) is 3. The van der Waals surface area contributed by atoms with Crippen molar-refractivity contribution in [3.8, 4) is 0 Å².